The summed E-state index contributed by atoms with van der Waals surface area (Å²) in [4.78, 5) is 48.1. The van der Waals surface area contributed by atoms with Crippen molar-refractivity contribution >= 4 is 63.2 Å². The maximum absolute atomic E-state index is 14.0. The van der Waals surface area contributed by atoms with E-state index in [1.54, 1.807) is 74.9 Å². The Balaban J connectivity index is 0.000000208. The van der Waals surface area contributed by atoms with Gasteiger partial charge in [-0.1, -0.05) is 24.3 Å². The fourth-order valence-corrected chi connectivity index (χ4v) is 6.90. The molecule has 6 aromatic carbocycles. The summed E-state index contributed by atoms with van der Waals surface area (Å²) in [7, 11) is 3.28. The van der Waals surface area contributed by atoms with Gasteiger partial charge in [-0.3, -0.25) is 34.3 Å². The van der Waals surface area contributed by atoms with Crippen molar-refractivity contribution in [2.45, 2.75) is 38.7 Å². The molecule has 69 heavy (non-hydrogen) atoms. The molecule has 12 nitrogen and oxygen atoms in total. The maximum atomic E-state index is 14.0. The number of carbonyl (C=O) groups excluding carboxylic acids is 3. The van der Waals surface area contributed by atoms with Crippen LogP contribution in [-0.2, 0) is 17.1 Å². The van der Waals surface area contributed by atoms with Crippen molar-refractivity contribution in [3.05, 3.63) is 167 Å². The molecule has 8 aromatic rings. The minimum Gasteiger partial charge on any atom is -0.443 e. The van der Waals surface area contributed by atoms with Crippen LogP contribution in [0.3, 0.4) is 0 Å². The van der Waals surface area contributed by atoms with E-state index in [0.717, 1.165) is 42.1 Å². The van der Waals surface area contributed by atoms with Crippen LogP contribution in [0.15, 0.2) is 133 Å². The highest BCUT2D eigenvalue weighted by Crippen LogP contribution is 2.33. The number of carbonyl (C=O) groups is 3. The summed E-state index contributed by atoms with van der Waals surface area (Å²) in [6, 6.07) is 29.7. The second kappa shape index (κ2) is 19.1. The van der Waals surface area contributed by atoms with Gasteiger partial charge in [0.05, 0.1) is 44.6 Å². The van der Waals surface area contributed by atoms with Gasteiger partial charge in [-0.05, 0) is 118 Å². The van der Waals surface area contributed by atoms with Gasteiger partial charge in [0.2, 0.25) is 11.9 Å². The summed E-state index contributed by atoms with van der Waals surface area (Å²) in [5, 5.41) is 8.09. The topological polar surface area (TPSA) is 135 Å². The van der Waals surface area contributed by atoms with E-state index in [0.29, 0.717) is 28.1 Å². The Morgan fingerprint density at radius 3 is 1.48 bits per heavy atom. The third kappa shape index (κ3) is 11.3. The van der Waals surface area contributed by atoms with Gasteiger partial charge in [0.25, 0.3) is 11.8 Å². The number of aromatic nitrogens is 4. The average Bonchev–Trinajstić information content (AvgIpc) is 3.84. The van der Waals surface area contributed by atoms with E-state index < -0.39 is 58.6 Å². The van der Waals surface area contributed by atoms with Crippen LogP contribution in [0.5, 0.6) is 0 Å². The lowest BCUT2D eigenvalue weighted by Crippen LogP contribution is -2.34. The zero-order valence-corrected chi connectivity index (χ0v) is 37.1. The van der Waals surface area contributed by atoms with Crippen LogP contribution in [0, 0.1) is 11.6 Å². The smallest absolute Gasteiger partial charge is 0.416 e. The van der Waals surface area contributed by atoms with E-state index in [4.69, 9.17) is 4.74 Å². The third-order valence-electron chi connectivity index (χ3n) is 10.1. The number of rotatable bonds is 8. The van der Waals surface area contributed by atoms with Crippen LogP contribution in [0.2, 0.25) is 0 Å². The molecule has 20 heteroatoms. The van der Waals surface area contributed by atoms with Gasteiger partial charge in [0.15, 0.2) is 0 Å². The van der Waals surface area contributed by atoms with E-state index in [2.05, 4.69) is 25.9 Å². The van der Waals surface area contributed by atoms with Gasteiger partial charge in [-0.25, -0.2) is 23.5 Å². The van der Waals surface area contributed by atoms with Crippen LogP contribution in [-0.4, -0.2) is 56.7 Å². The number of halogens is 8. The first kappa shape index (κ1) is 48.6. The molecule has 0 spiro atoms. The lowest BCUT2D eigenvalue weighted by molar-refractivity contribution is -0.138. The predicted molar refractivity (Wildman–Crippen MR) is 245 cm³/mol. The molecule has 0 bridgehead atoms. The van der Waals surface area contributed by atoms with E-state index in [1.165, 1.54) is 65.0 Å². The SMILES string of the molecule is CN(C(=O)OC(C)(C)C)c1cccc(-n2c(NC(=O)c3cccc(C(F)(F)F)c3)nc3cc(F)ccc32)c1.CNc1cccc(-n2c(NC(=O)c3cccc(C(F)(F)F)c3)nc3cc(F)ccc32)c1. The number of nitrogens with zero attached hydrogens (tertiary/aromatic N) is 5. The Morgan fingerprint density at radius 1 is 0.580 bits per heavy atom. The van der Waals surface area contributed by atoms with E-state index >= 15 is 0 Å². The van der Waals surface area contributed by atoms with Gasteiger partial charge in [-0.2, -0.15) is 26.3 Å². The molecule has 0 aliphatic heterocycles. The number of fused-ring (bicyclic) bond motifs is 2. The number of nitrogens with one attached hydrogen (secondary N) is 3. The standard InChI is InChI=1S/C27H24F4N4O3.C22H16F4N4O/c1-26(2,3)38-25(37)34(4)19-9-6-10-20(15-19)35-22-12-11-18(28)14-21(22)32-24(35)33-23(36)16-7-5-8-17(13-16)27(29,30)31;1-27-16-6-3-7-17(12-16)30-19-9-8-15(23)11-18(19)28-21(30)29-20(31)13-4-2-5-14(10-13)22(24,25)26/h5-15H,1-4H3,(H,32,33,36);2-12,27H,1H3,(H,28,29,31). The largest absolute Gasteiger partial charge is 0.443 e. The Kier molecular flexibility index (Phi) is 13.5. The normalized spacial score (nSPS) is 11.7. The Labute approximate surface area is 388 Å². The Morgan fingerprint density at radius 2 is 1.03 bits per heavy atom. The van der Waals surface area contributed by atoms with Crippen LogP contribution >= 0.6 is 0 Å². The van der Waals surface area contributed by atoms with Gasteiger partial charge in [0.1, 0.15) is 17.2 Å². The number of benzene rings is 6. The van der Waals surface area contributed by atoms with Crippen molar-refractivity contribution in [2.75, 3.05) is 34.9 Å². The lowest BCUT2D eigenvalue weighted by Gasteiger charge is -2.25. The summed E-state index contributed by atoms with van der Waals surface area (Å²) < 4.78 is 115. The number of alkyl halides is 6. The second-order valence-electron chi connectivity index (χ2n) is 16.2. The molecular formula is C49H40F8N8O4. The zero-order valence-electron chi connectivity index (χ0n) is 37.1. The number of hydrogen-bond acceptors (Lipinski definition) is 7. The van der Waals surface area contributed by atoms with Crippen LogP contribution in [0.25, 0.3) is 33.4 Å². The van der Waals surface area contributed by atoms with Gasteiger partial charge in [-0.15, -0.1) is 0 Å². The average molecular weight is 957 g/mol. The maximum Gasteiger partial charge on any atom is 0.416 e. The fourth-order valence-electron chi connectivity index (χ4n) is 6.90. The fraction of sp³-hybridized carbons (Fsp3) is 0.163. The second-order valence-corrected chi connectivity index (χ2v) is 16.2. The third-order valence-corrected chi connectivity index (χ3v) is 10.1. The number of imidazole rings is 2. The van der Waals surface area contributed by atoms with Crippen molar-refractivity contribution in [3.63, 3.8) is 0 Å². The number of ether oxygens (including phenoxy) is 1. The first-order valence-electron chi connectivity index (χ1n) is 20.7. The van der Waals surface area contributed by atoms with E-state index in [1.807, 2.05) is 6.07 Å². The van der Waals surface area contributed by atoms with Crippen molar-refractivity contribution in [2.24, 2.45) is 0 Å². The van der Waals surface area contributed by atoms with Crippen molar-refractivity contribution in [3.8, 4) is 11.4 Å². The highest BCUT2D eigenvalue weighted by Gasteiger charge is 2.32. The molecule has 0 fully saturated rings. The van der Waals surface area contributed by atoms with Crippen LogP contribution in [0.1, 0.15) is 52.6 Å². The van der Waals surface area contributed by atoms with Gasteiger partial charge >= 0.3 is 18.4 Å². The zero-order chi connectivity index (χ0) is 50.0. The highest BCUT2D eigenvalue weighted by molar-refractivity contribution is 6.05. The number of anilines is 4. The van der Waals surface area contributed by atoms with E-state index in [9.17, 15) is 49.5 Å². The Hall–Kier alpha value is -8.29. The molecule has 0 saturated heterocycles. The molecule has 356 valence electrons. The van der Waals surface area contributed by atoms with Crippen LogP contribution < -0.4 is 20.9 Å². The molecule has 2 aromatic heterocycles. The first-order chi connectivity index (χ1) is 32.5. The van der Waals surface area contributed by atoms with E-state index in [-0.39, 0.29) is 34.1 Å². The molecular weight excluding hydrogens is 917 g/mol. The molecule has 0 aliphatic rings. The van der Waals surface area contributed by atoms with Gasteiger partial charge < -0.3 is 10.1 Å². The Bertz CT molecular complexity index is 3230. The van der Waals surface area contributed by atoms with Crippen molar-refractivity contribution in [1.82, 2.24) is 19.1 Å². The predicted octanol–water partition coefficient (Wildman–Crippen LogP) is 12.3. The molecule has 0 atom stereocenters. The monoisotopic (exact) mass is 956 g/mol. The highest BCUT2D eigenvalue weighted by atomic mass is 19.4. The molecule has 0 aliphatic carbocycles. The molecule has 8 rings (SSSR count). The number of hydrogen-bond donors (Lipinski definition) is 3. The van der Waals surface area contributed by atoms with Crippen LogP contribution in [0.4, 0.5) is 63.2 Å². The molecule has 0 saturated carbocycles. The minimum atomic E-state index is -4.62. The molecule has 2 heterocycles. The number of amides is 3. The quantitative estimate of drug-likeness (QED) is 0.129. The van der Waals surface area contributed by atoms with Gasteiger partial charge in [0, 0.05) is 48.7 Å². The van der Waals surface area contributed by atoms with Crippen molar-refractivity contribution < 1.29 is 54.2 Å². The summed E-state index contributed by atoms with van der Waals surface area (Å²) in [6.07, 6.45) is -9.79. The molecule has 0 radical (unpaired) electrons. The minimum absolute atomic E-state index is 0.0508. The summed E-state index contributed by atoms with van der Waals surface area (Å²) in [6.45, 7) is 5.22. The van der Waals surface area contributed by atoms with Crippen molar-refractivity contribution in [1.29, 1.82) is 0 Å². The first-order valence-corrected chi connectivity index (χ1v) is 20.7. The summed E-state index contributed by atoms with van der Waals surface area (Å²) >= 11 is 0. The molecule has 3 amide bonds. The summed E-state index contributed by atoms with van der Waals surface area (Å²) in [5.41, 5.74) is 0.720. The molecule has 0 unspecified atom stereocenters. The summed E-state index contributed by atoms with van der Waals surface area (Å²) in [5.74, 6) is -2.67. The lowest BCUT2D eigenvalue weighted by atomic mass is 10.1. The molecule has 3 N–H and O–H groups in total.